The Hall–Kier alpha value is -1.97. The standard InChI is InChI=1S/C19H22O4/c1-22-15-6-5-12-8-11-4-3-7-19(17(12)18(15)21)10-14(20)16(23-2)9-13(11)19/h5-6,9,11,13,21H,3-4,7-8,10H2,1-2H3. The van der Waals surface area contributed by atoms with Gasteiger partial charge in [0.15, 0.2) is 23.0 Å². The van der Waals surface area contributed by atoms with Gasteiger partial charge in [0, 0.05) is 17.4 Å². The number of aromatic hydroxyl groups is 1. The molecule has 1 aromatic carbocycles. The summed E-state index contributed by atoms with van der Waals surface area (Å²) in [5.41, 5.74) is 1.82. The summed E-state index contributed by atoms with van der Waals surface area (Å²) >= 11 is 0. The van der Waals surface area contributed by atoms with E-state index in [2.05, 4.69) is 6.07 Å². The summed E-state index contributed by atoms with van der Waals surface area (Å²) < 4.78 is 10.6. The van der Waals surface area contributed by atoms with Crippen LogP contribution in [0, 0.1) is 11.8 Å². The fourth-order valence-electron chi connectivity index (χ4n) is 5.19. The fourth-order valence-corrected chi connectivity index (χ4v) is 5.19. The molecule has 122 valence electrons. The summed E-state index contributed by atoms with van der Waals surface area (Å²) in [6, 6.07) is 3.89. The monoisotopic (exact) mass is 314 g/mol. The van der Waals surface area contributed by atoms with Crippen LogP contribution in [0.5, 0.6) is 11.5 Å². The lowest BCUT2D eigenvalue weighted by molar-refractivity contribution is -0.122. The number of carbonyl (C=O) groups is 1. The van der Waals surface area contributed by atoms with E-state index in [0.717, 1.165) is 24.8 Å². The Bertz CT molecular complexity index is 706. The molecular formula is C19H22O4. The van der Waals surface area contributed by atoms with Gasteiger partial charge in [0.05, 0.1) is 14.2 Å². The minimum atomic E-state index is -0.297. The number of phenols is 1. The van der Waals surface area contributed by atoms with Gasteiger partial charge in [-0.1, -0.05) is 12.5 Å². The first-order chi connectivity index (χ1) is 11.1. The summed E-state index contributed by atoms with van der Waals surface area (Å²) in [5.74, 6) is 2.02. The zero-order chi connectivity index (χ0) is 16.2. The van der Waals surface area contributed by atoms with Gasteiger partial charge in [0.2, 0.25) is 0 Å². The molecule has 1 aromatic rings. The highest BCUT2D eigenvalue weighted by molar-refractivity contribution is 5.96. The molecule has 0 saturated heterocycles. The van der Waals surface area contributed by atoms with Gasteiger partial charge in [-0.2, -0.15) is 0 Å². The van der Waals surface area contributed by atoms with E-state index in [4.69, 9.17) is 9.47 Å². The molecule has 1 fully saturated rings. The lowest BCUT2D eigenvalue weighted by Crippen LogP contribution is -2.50. The van der Waals surface area contributed by atoms with Gasteiger partial charge in [-0.3, -0.25) is 4.79 Å². The number of allylic oxidation sites excluding steroid dienone is 2. The molecule has 0 radical (unpaired) electrons. The first-order valence-corrected chi connectivity index (χ1v) is 8.29. The summed E-state index contributed by atoms with van der Waals surface area (Å²) in [4.78, 5) is 12.5. The average molecular weight is 314 g/mol. The highest BCUT2D eigenvalue weighted by Gasteiger charge is 2.55. The van der Waals surface area contributed by atoms with E-state index < -0.39 is 0 Å². The third-order valence-electron chi connectivity index (χ3n) is 6.07. The van der Waals surface area contributed by atoms with Gasteiger partial charge in [-0.05, 0) is 48.8 Å². The van der Waals surface area contributed by atoms with Crippen LogP contribution in [0.4, 0.5) is 0 Å². The quantitative estimate of drug-likeness (QED) is 0.911. The smallest absolute Gasteiger partial charge is 0.197 e. The van der Waals surface area contributed by atoms with Crippen LogP contribution in [0.25, 0.3) is 0 Å². The molecule has 23 heavy (non-hydrogen) atoms. The first kappa shape index (κ1) is 14.6. The summed E-state index contributed by atoms with van der Waals surface area (Å²) in [5, 5.41) is 10.8. The first-order valence-electron chi connectivity index (χ1n) is 8.29. The van der Waals surface area contributed by atoms with Gasteiger partial charge in [0.1, 0.15) is 0 Å². The van der Waals surface area contributed by atoms with Crippen molar-refractivity contribution >= 4 is 5.78 Å². The lowest BCUT2D eigenvalue weighted by atomic mass is 9.50. The molecule has 0 spiro atoms. The summed E-state index contributed by atoms with van der Waals surface area (Å²) in [6.45, 7) is 0. The number of ketones is 1. The van der Waals surface area contributed by atoms with E-state index in [1.165, 1.54) is 12.0 Å². The van der Waals surface area contributed by atoms with Crippen molar-refractivity contribution < 1.29 is 19.4 Å². The van der Waals surface area contributed by atoms with Crippen LogP contribution in [-0.2, 0) is 21.4 Å². The van der Waals surface area contributed by atoms with Crippen molar-refractivity contribution in [2.24, 2.45) is 11.8 Å². The summed E-state index contributed by atoms with van der Waals surface area (Å²) in [7, 11) is 3.13. The maximum Gasteiger partial charge on any atom is 0.197 e. The van der Waals surface area contributed by atoms with E-state index in [-0.39, 0.29) is 22.9 Å². The largest absolute Gasteiger partial charge is 0.504 e. The van der Waals surface area contributed by atoms with Crippen LogP contribution >= 0.6 is 0 Å². The molecule has 2 bridgehead atoms. The molecule has 4 rings (SSSR count). The SMILES string of the molecule is COC1=CC2C3CCCC2(CC1=O)c1c(ccc(OC)c1O)C3. The molecule has 1 N–H and O–H groups in total. The topological polar surface area (TPSA) is 55.8 Å². The number of hydrogen-bond acceptors (Lipinski definition) is 4. The molecule has 4 nitrogen and oxygen atoms in total. The van der Waals surface area contributed by atoms with Crippen LogP contribution in [0.1, 0.15) is 36.8 Å². The Kier molecular flexibility index (Phi) is 3.19. The molecular weight excluding hydrogens is 292 g/mol. The van der Waals surface area contributed by atoms with Crippen molar-refractivity contribution in [2.45, 2.75) is 37.5 Å². The minimum Gasteiger partial charge on any atom is -0.504 e. The molecule has 3 atom stereocenters. The maximum absolute atomic E-state index is 12.5. The van der Waals surface area contributed by atoms with Crippen molar-refractivity contribution in [3.63, 3.8) is 0 Å². The van der Waals surface area contributed by atoms with Gasteiger partial charge < -0.3 is 14.6 Å². The van der Waals surface area contributed by atoms with Gasteiger partial charge in [-0.15, -0.1) is 0 Å². The molecule has 0 amide bonds. The zero-order valence-electron chi connectivity index (χ0n) is 13.6. The van der Waals surface area contributed by atoms with Crippen LogP contribution in [0.2, 0.25) is 0 Å². The molecule has 1 saturated carbocycles. The number of carbonyl (C=O) groups excluding carboxylic acids is 1. The second-order valence-electron chi connectivity index (χ2n) is 7.02. The van der Waals surface area contributed by atoms with Gasteiger partial charge >= 0.3 is 0 Å². The van der Waals surface area contributed by atoms with Gasteiger partial charge in [0.25, 0.3) is 0 Å². The highest BCUT2D eigenvalue weighted by Crippen LogP contribution is 2.60. The Morgan fingerprint density at radius 2 is 2.09 bits per heavy atom. The van der Waals surface area contributed by atoms with Crippen molar-refractivity contribution in [1.29, 1.82) is 0 Å². The third kappa shape index (κ3) is 1.87. The number of benzene rings is 1. The van der Waals surface area contributed by atoms with Crippen molar-refractivity contribution in [3.05, 3.63) is 35.1 Å². The molecule has 0 heterocycles. The molecule has 3 unspecified atom stereocenters. The summed E-state index contributed by atoms with van der Waals surface area (Å²) in [6.07, 6.45) is 6.59. The molecule has 4 heteroatoms. The second-order valence-corrected chi connectivity index (χ2v) is 7.02. The van der Waals surface area contributed by atoms with Crippen LogP contribution in [0.3, 0.4) is 0 Å². The highest BCUT2D eigenvalue weighted by atomic mass is 16.5. The number of phenolic OH excluding ortho intramolecular Hbond substituents is 1. The number of fused-ring (bicyclic) bond motifs is 1. The average Bonchev–Trinajstić information content (AvgIpc) is 2.53. The van der Waals surface area contributed by atoms with E-state index in [0.29, 0.717) is 23.8 Å². The number of rotatable bonds is 2. The Labute approximate surface area is 136 Å². The van der Waals surface area contributed by atoms with Crippen molar-refractivity contribution in [2.75, 3.05) is 14.2 Å². The molecule has 3 aliphatic rings. The normalized spacial score (nSPS) is 31.7. The Morgan fingerprint density at radius 3 is 2.83 bits per heavy atom. The number of Topliss-reactive ketones (excluding diaryl/α,β-unsaturated/α-hetero) is 1. The van der Waals surface area contributed by atoms with E-state index in [9.17, 15) is 9.90 Å². The number of methoxy groups -OCH3 is 2. The van der Waals surface area contributed by atoms with E-state index in [1.807, 2.05) is 12.1 Å². The second kappa shape index (κ2) is 5.02. The van der Waals surface area contributed by atoms with Crippen LogP contribution < -0.4 is 4.74 Å². The Morgan fingerprint density at radius 1 is 1.26 bits per heavy atom. The molecule has 0 aromatic heterocycles. The van der Waals surface area contributed by atoms with E-state index in [1.54, 1.807) is 14.2 Å². The lowest BCUT2D eigenvalue weighted by Gasteiger charge is -2.53. The van der Waals surface area contributed by atoms with Crippen molar-refractivity contribution in [1.82, 2.24) is 0 Å². The molecule has 0 aliphatic heterocycles. The predicted molar refractivity (Wildman–Crippen MR) is 85.6 cm³/mol. The van der Waals surface area contributed by atoms with E-state index >= 15 is 0 Å². The Balaban J connectivity index is 1.96. The number of ether oxygens (including phenoxy) is 2. The van der Waals surface area contributed by atoms with Gasteiger partial charge in [-0.25, -0.2) is 0 Å². The minimum absolute atomic E-state index is 0.0412. The predicted octanol–water partition coefficient (Wildman–Crippen LogP) is 3.11. The third-order valence-corrected chi connectivity index (χ3v) is 6.07. The van der Waals surface area contributed by atoms with Crippen LogP contribution in [0.15, 0.2) is 24.0 Å². The van der Waals surface area contributed by atoms with Crippen LogP contribution in [-0.4, -0.2) is 25.1 Å². The number of hydrogen-bond donors (Lipinski definition) is 1. The zero-order valence-corrected chi connectivity index (χ0v) is 13.6. The maximum atomic E-state index is 12.5. The fraction of sp³-hybridized carbons (Fsp3) is 0.526. The molecule has 3 aliphatic carbocycles. The van der Waals surface area contributed by atoms with Crippen molar-refractivity contribution in [3.8, 4) is 11.5 Å².